The van der Waals surface area contributed by atoms with E-state index in [9.17, 15) is 5.11 Å². The molecule has 0 saturated heterocycles. The van der Waals surface area contributed by atoms with Crippen LogP contribution in [-0.2, 0) is 6.54 Å². The van der Waals surface area contributed by atoms with Gasteiger partial charge in [-0.2, -0.15) is 0 Å². The van der Waals surface area contributed by atoms with Gasteiger partial charge in [-0.3, -0.25) is 0 Å². The molecule has 0 fully saturated rings. The number of pyridine rings is 1. The summed E-state index contributed by atoms with van der Waals surface area (Å²) in [5, 5.41) is 12.7. The highest BCUT2D eigenvalue weighted by Gasteiger charge is 2.23. The standard InChI is InChI=1S/C21H21ClN4O/c1-12(2)11-26-18-15-5-3-4-6-16(15)24-20(23)17(18)25-21(26)19(27)13-7-9-14(22)10-8-13/h3-10,12,19,27H,11H2,1-2H3,(H2,23,24). The summed E-state index contributed by atoms with van der Waals surface area (Å²) in [7, 11) is 0. The molecule has 2 heterocycles. The maximum Gasteiger partial charge on any atom is 0.152 e. The molecular weight excluding hydrogens is 360 g/mol. The fraction of sp³-hybridized carbons (Fsp3) is 0.238. The molecular formula is C21H21ClN4O. The average molecular weight is 381 g/mol. The van der Waals surface area contributed by atoms with Crippen LogP contribution in [0.1, 0.15) is 31.3 Å². The summed E-state index contributed by atoms with van der Waals surface area (Å²) in [4.78, 5) is 9.19. The molecule has 138 valence electrons. The van der Waals surface area contributed by atoms with E-state index in [1.165, 1.54) is 0 Å². The first kappa shape index (κ1) is 17.8. The van der Waals surface area contributed by atoms with Gasteiger partial charge in [0.05, 0.1) is 11.0 Å². The van der Waals surface area contributed by atoms with E-state index in [-0.39, 0.29) is 0 Å². The van der Waals surface area contributed by atoms with Crippen LogP contribution in [0.2, 0.25) is 5.02 Å². The van der Waals surface area contributed by atoms with E-state index in [2.05, 4.69) is 23.4 Å². The Morgan fingerprint density at radius 2 is 1.78 bits per heavy atom. The molecule has 2 aromatic carbocycles. The van der Waals surface area contributed by atoms with E-state index < -0.39 is 6.10 Å². The van der Waals surface area contributed by atoms with Gasteiger partial charge in [0.15, 0.2) is 5.82 Å². The molecule has 4 rings (SSSR count). The van der Waals surface area contributed by atoms with Gasteiger partial charge < -0.3 is 15.4 Å². The number of benzene rings is 2. The van der Waals surface area contributed by atoms with E-state index in [0.717, 1.165) is 22.0 Å². The van der Waals surface area contributed by atoms with Crippen molar-refractivity contribution in [1.82, 2.24) is 14.5 Å². The monoisotopic (exact) mass is 380 g/mol. The third-order valence-corrected chi connectivity index (χ3v) is 4.87. The molecule has 1 atom stereocenters. The van der Waals surface area contributed by atoms with Crippen LogP contribution in [0.5, 0.6) is 0 Å². The number of nitrogens with two attached hydrogens (primary N) is 1. The van der Waals surface area contributed by atoms with Gasteiger partial charge in [-0.1, -0.05) is 55.8 Å². The quantitative estimate of drug-likeness (QED) is 0.544. The molecule has 5 nitrogen and oxygen atoms in total. The number of nitrogen functional groups attached to an aromatic ring is 1. The topological polar surface area (TPSA) is 77.0 Å². The van der Waals surface area contributed by atoms with Crippen molar-refractivity contribution in [3.8, 4) is 0 Å². The summed E-state index contributed by atoms with van der Waals surface area (Å²) in [5.41, 5.74) is 9.29. The first-order valence-corrected chi connectivity index (χ1v) is 9.31. The first-order chi connectivity index (χ1) is 13.0. The predicted molar refractivity (Wildman–Crippen MR) is 110 cm³/mol. The molecule has 0 amide bonds. The minimum atomic E-state index is -0.883. The number of aliphatic hydroxyl groups is 1. The second-order valence-electron chi connectivity index (χ2n) is 7.14. The van der Waals surface area contributed by atoms with E-state index in [1.54, 1.807) is 12.1 Å². The maximum atomic E-state index is 11.1. The lowest BCUT2D eigenvalue weighted by Crippen LogP contribution is -2.13. The molecule has 0 spiro atoms. The summed E-state index contributed by atoms with van der Waals surface area (Å²) in [6.07, 6.45) is -0.883. The van der Waals surface area contributed by atoms with Crippen molar-refractivity contribution in [3.05, 3.63) is 64.9 Å². The molecule has 1 unspecified atom stereocenters. The zero-order valence-electron chi connectivity index (χ0n) is 15.2. The van der Waals surface area contributed by atoms with Gasteiger partial charge in [-0.25, -0.2) is 9.97 Å². The van der Waals surface area contributed by atoms with Gasteiger partial charge in [-0.05, 0) is 29.7 Å². The van der Waals surface area contributed by atoms with E-state index in [4.69, 9.17) is 22.3 Å². The van der Waals surface area contributed by atoms with Gasteiger partial charge >= 0.3 is 0 Å². The van der Waals surface area contributed by atoms with Crippen molar-refractivity contribution >= 4 is 39.4 Å². The lowest BCUT2D eigenvalue weighted by molar-refractivity contribution is 0.203. The summed E-state index contributed by atoms with van der Waals surface area (Å²) in [6.45, 7) is 4.98. The van der Waals surface area contributed by atoms with Crippen molar-refractivity contribution in [3.63, 3.8) is 0 Å². The Morgan fingerprint density at radius 3 is 2.48 bits per heavy atom. The lowest BCUT2D eigenvalue weighted by atomic mass is 10.1. The summed E-state index contributed by atoms with van der Waals surface area (Å²) >= 11 is 5.99. The van der Waals surface area contributed by atoms with Gasteiger partial charge in [-0.15, -0.1) is 0 Å². The van der Waals surface area contributed by atoms with Crippen LogP contribution in [0.4, 0.5) is 5.82 Å². The van der Waals surface area contributed by atoms with Crippen LogP contribution >= 0.6 is 11.6 Å². The van der Waals surface area contributed by atoms with Crippen LogP contribution in [0.15, 0.2) is 48.5 Å². The van der Waals surface area contributed by atoms with Crippen molar-refractivity contribution in [2.24, 2.45) is 5.92 Å². The number of aliphatic hydroxyl groups excluding tert-OH is 1. The largest absolute Gasteiger partial charge is 0.382 e. The number of imidazole rings is 1. The normalized spacial score (nSPS) is 12.9. The Balaban J connectivity index is 2.01. The number of anilines is 1. The molecule has 0 bridgehead atoms. The average Bonchev–Trinajstić information content (AvgIpc) is 3.01. The molecule has 0 saturated carbocycles. The fourth-order valence-corrected chi connectivity index (χ4v) is 3.55. The third-order valence-electron chi connectivity index (χ3n) is 4.62. The molecule has 4 aromatic rings. The number of rotatable bonds is 4. The number of halogens is 1. The zero-order chi connectivity index (χ0) is 19.1. The van der Waals surface area contributed by atoms with Crippen LogP contribution < -0.4 is 5.73 Å². The molecule has 2 aromatic heterocycles. The SMILES string of the molecule is CC(C)Cn1c(C(O)c2ccc(Cl)cc2)nc2c(N)nc3ccccc3c21. The highest BCUT2D eigenvalue weighted by molar-refractivity contribution is 6.30. The number of hydrogen-bond donors (Lipinski definition) is 2. The molecule has 0 aliphatic carbocycles. The molecule has 27 heavy (non-hydrogen) atoms. The maximum absolute atomic E-state index is 11.1. The van der Waals surface area contributed by atoms with E-state index in [1.807, 2.05) is 36.4 Å². The highest BCUT2D eigenvalue weighted by atomic mass is 35.5. The number of aromatic nitrogens is 3. The Morgan fingerprint density at radius 1 is 1.07 bits per heavy atom. The predicted octanol–water partition coefficient (Wildman–Crippen LogP) is 4.56. The van der Waals surface area contributed by atoms with Gasteiger partial charge in [0, 0.05) is 17.0 Å². The number of nitrogens with zero attached hydrogens (tertiary/aromatic N) is 3. The highest BCUT2D eigenvalue weighted by Crippen LogP contribution is 2.33. The summed E-state index contributed by atoms with van der Waals surface area (Å²) < 4.78 is 2.07. The van der Waals surface area contributed by atoms with Crippen molar-refractivity contribution in [1.29, 1.82) is 0 Å². The Kier molecular flexibility index (Phi) is 4.50. The van der Waals surface area contributed by atoms with Gasteiger partial charge in [0.25, 0.3) is 0 Å². The van der Waals surface area contributed by atoms with Crippen LogP contribution in [0.3, 0.4) is 0 Å². The summed E-state index contributed by atoms with van der Waals surface area (Å²) in [5.74, 6) is 1.30. The number of fused-ring (bicyclic) bond motifs is 3. The Bertz CT molecular complexity index is 1120. The smallest absolute Gasteiger partial charge is 0.152 e. The summed E-state index contributed by atoms with van der Waals surface area (Å²) in [6, 6.07) is 15.0. The molecule has 0 aliphatic heterocycles. The molecule has 0 radical (unpaired) electrons. The molecule has 6 heteroatoms. The van der Waals surface area contributed by atoms with Gasteiger partial charge in [0.2, 0.25) is 0 Å². The minimum absolute atomic E-state index is 0.367. The zero-order valence-corrected chi connectivity index (χ0v) is 16.0. The van der Waals surface area contributed by atoms with E-state index in [0.29, 0.717) is 34.6 Å². The van der Waals surface area contributed by atoms with Gasteiger partial charge in [0.1, 0.15) is 17.4 Å². The number of para-hydroxylation sites is 1. The minimum Gasteiger partial charge on any atom is -0.382 e. The lowest BCUT2D eigenvalue weighted by Gasteiger charge is -2.16. The van der Waals surface area contributed by atoms with Crippen LogP contribution in [-0.4, -0.2) is 19.6 Å². The van der Waals surface area contributed by atoms with Crippen LogP contribution in [0, 0.1) is 5.92 Å². The molecule has 0 aliphatic rings. The fourth-order valence-electron chi connectivity index (χ4n) is 3.43. The van der Waals surface area contributed by atoms with Crippen molar-refractivity contribution in [2.45, 2.75) is 26.5 Å². The van der Waals surface area contributed by atoms with Crippen LogP contribution in [0.25, 0.3) is 21.9 Å². The van der Waals surface area contributed by atoms with E-state index >= 15 is 0 Å². The Labute approximate surface area is 162 Å². The first-order valence-electron chi connectivity index (χ1n) is 8.93. The second-order valence-corrected chi connectivity index (χ2v) is 7.58. The van der Waals surface area contributed by atoms with Crippen molar-refractivity contribution < 1.29 is 5.11 Å². The van der Waals surface area contributed by atoms with Crippen molar-refractivity contribution in [2.75, 3.05) is 5.73 Å². The Hall–Kier alpha value is -2.63. The number of hydrogen-bond acceptors (Lipinski definition) is 4. The third kappa shape index (κ3) is 3.13. The second kappa shape index (κ2) is 6.83. The molecule has 3 N–H and O–H groups in total.